The molecule has 1 saturated heterocycles. The summed E-state index contributed by atoms with van der Waals surface area (Å²) >= 11 is 0. The van der Waals surface area contributed by atoms with Crippen LogP contribution in [0.4, 0.5) is 4.79 Å². The van der Waals surface area contributed by atoms with Crippen LogP contribution in [-0.4, -0.2) is 45.9 Å². The van der Waals surface area contributed by atoms with E-state index in [1.807, 2.05) is 0 Å². The second-order valence-electron chi connectivity index (χ2n) is 9.06. The first-order valence-corrected chi connectivity index (χ1v) is 10.9. The fourth-order valence-electron chi connectivity index (χ4n) is 5.28. The molecule has 1 unspecified atom stereocenters. The Hall–Kier alpha value is -2.64. The molecule has 2 aliphatic carbocycles. The summed E-state index contributed by atoms with van der Waals surface area (Å²) in [5, 5.41) is 2.88. The third-order valence-corrected chi connectivity index (χ3v) is 7.11. The molecule has 1 aromatic rings. The minimum Gasteiger partial charge on any atom is -0.474 e. The molecule has 0 aromatic carbocycles. The molecule has 1 spiro atoms. The number of hydrogen-bond donors (Lipinski definition) is 2. The number of hydrogen-bond acceptors (Lipinski definition) is 5. The van der Waals surface area contributed by atoms with Gasteiger partial charge in [-0.25, -0.2) is 9.78 Å². The number of ether oxygens (including phenoxy) is 1. The molecule has 1 aliphatic heterocycles. The Bertz CT molecular complexity index is 839. The van der Waals surface area contributed by atoms with Crippen molar-refractivity contribution in [3.8, 4) is 5.88 Å². The molecule has 8 nitrogen and oxygen atoms in total. The zero-order valence-corrected chi connectivity index (χ0v) is 17.6. The van der Waals surface area contributed by atoms with E-state index in [0.717, 1.165) is 38.5 Å². The van der Waals surface area contributed by atoms with Crippen molar-refractivity contribution in [2.75, 3.05) is 0 Å². The van der Waals surface area contributed by atoms with Gasteiger partial charge in [-0.15, -0.1) is 0 Å². The minimum atomic E-state index is -0.558. The first kappa shape index (κ1) is 20.6. The maximum atomic E-state index is 12.8. The van der Waals surface area contributed by atoms with Crippen LogP contribution < -0.4 is 15.8 Å². The predicted octanol–water partition coefficient (Wildman–Crippen LogP) is 2.62. The van der Waals surface area contributed by atoms with E-state index in [1.54, 1.807) is 18.3 Å². The van der Waals surface area contributed by atoms with Gasteiger partial charge >= 0.3 is 6.03 Å². The Kier molecular flexibility index (Phi) is 5.42. The average Bonchev–Trinajstić information content (AvgIpc) is 2.94. The number of amides is 4. The number of nitrogens with two attached hydrogens (primary N) is 1. The molecule has 0 bridgehead atoms. The van der Waals surface area contributed by atoms with Gasteiger partial charge in [0.25, 0.3) is 11.8 Å². The first-order valence-electron chi connectivity index (χ1n) is 10.9. The molecule has 162 valence electrons. The summed E-state index contributed by atoms with van der Waals surface area (Å²) in [5.74, 6) is 0.100. The van der Waals surface area contributed by atoms with Crippen LogP contribution in [0.15, 0.2) is 18.3 Å². The van der Waals surface area contributed by atoms with Crippen LogP contribution >= 0.6 is 0 Å². The van der Waals surface area contributed by atoms with Crippen LogP contribution in [0.1, 0.15) is 69.2 Å². The van der Waals surface area contributed by atoms with Crippen molar-refractivity contribution in [1.82, 2.24) is 15.2 Å². The Balaban J connectivity index is 1.29. The van der Waals surface area contributed by atoms with Crippen LogP contribution in [0.5, 0.6) is 5.88 Å². The number of primary amides is 1. The lowest BCUT2D eigenvalue weighted by atomic mass is 9.52. The number of carbonyl (C=O) groups excluding carboxylic acids is 3. The van der Waals surface area contributed by atoms with Gasteiger partial charge in [0.05, 0.1) is 0 Å². The van der Waals surface area contributed by atoms with Gasteiger partial charge in [-0.3, -0.25) is 14.5 Å². The Morgan fingerprint density at radius 1 is 1.30 bits per heavy atom. The number of imide groups is 1. The quantitative estimate of drug-likeness (QED) is 0.635. The van der Waals surface area contributed by atoms with E-state index in [4.69, 9.17) is 10.5 Å². The number of nitrogens with zero attached hydrogens (tertiary/aromatic N) is 2. The van der Waals surface area contributed by atoms with Crippen LogP contribution in [0.2, 0.25) is 0 Å². The third kappa shape index (κ3) is 3.63. The van der Waals surface area contributed by atoms with E-state index >= 15 is 0 Å². The van der Waals surface area contributed by atoms with E-state index in [2.05, 4.69) is 24.1 Å². The fraction of sp³-hybridized carbons (Fsp3) is 0.636. The first-order chi connectivity index (χ1) is 14.4. The van der Waals surface area contributed by atoms with Gasteiger partial charge in [0, 0.05) is 12.2 Å². The molecule has 0 radical (unpaired) electrons. The van der Waals surface area contributed by atoms with Gasteiger partial charge in [0.1, 0.15) is 17.7 Å². The van der Waals surface area contributed by atoms with Crippen LogP contribution in [0.25, 0.3) is 0 Å². The van der Waals surface area contributed by atoms with Crippen molar-refractivity contribution in [3.05, 3.63) is 23.9 Å². The summed E-state index contributed by atoms with van der Waals surface area (Å²) in [6, 6.07) is 2.60. The third-order valence-electron chi connectivity index (χ3n) is 7.11. The predicted molar refractivity (Wildman–Crippen MR) is 110 cm³/mol. The molecule has 3 fully saturated rings. The monoisotopic (exact) mass is 414 g/mol. The smallest absolute Gasteiger partial charge is 0.325 e. The molecular weight excluding hydrogens is 384 g/mol. The number of rotatable bonds is 8. The van der Waals surface area contributed by atoms with Crippen molar-refractivity contribution in [2.45, 2.75) is 77.0 Å². The fourth-order valence-corrected chi connectivity index (χ4v) is 5.28. The summed E-state index contributed by atoms with van der Waals surface area (Å²) in [7, 11) is 0. The number of aromatic nitrogens is 1. The lowest BCUT2D eigenvalue weighted by molar-refractivity contribution is -0.141. The molecule has 2 saturated carbocycles. The molecule has 1 aromatic heterocycles. The van der Waals surface area contributed by atoms with Gasteiger partial charge in [-0.1, -0.05) is 26.7 Å². The largest absolute Gasteiger partial charge is 0.474 e. The van der Waals surface area contributed by atoms with Crippen LogP contribution in [-0.2, 0) is 4.79 Å². The second-order valence-corrected chi connectivity index (χ2v) is 9.06. The van der Waals surface area contributed by atoms with Gasteiger partial charge < -0.3 is 15.8 Å². The minimum absolute atomic E-state index is 0.0235. The molecule has 3 aliphatic rings. The zero-order valence-electron chi connectivity index (χ0n) is 17.6. The SMILES string of the molecule is CCC(CC)CC1NC(=O)N([C@H]2CC3(C[C@H](Oc4ncccc4C(N)=O)C3)C2)C1=O. The Morgan fingerprint density at radius 2 is 2.00 bits per heavy atom. The Labute approximate surface area is 176 Å². The highest BCUT2D eigenvalue weighted by molar-refractivity contribution is 6.04. The summed E-state index contributed by atoms with van der Waals surface area (Å²) in [6.07, 6.45) is 7.58. The standard InChI is InChI=1S/C22H30N4O4/c1-3-13(4-2)8-17-20(28)26(21(29)25-17)14-9-22(10-14)11-15(12-22)30-19-16(18(23)27)6-5-7-24-19/h5-7,13-15,17H,3-4,8-12H2,1-2H3,(H2,23,27)(H,25,29)/t14-,15-,17?,22?. The normalized spacial score (nSPS) is 30.2. The van der Waals surface area contributed by atoms with Crippen molar-refractivity contribution in [3.63, 3.8) is 0 Å². The number of nitrogens with one attached hydrogen (secondary N) is 1. The molecular formula is C22H30N4O4. The van der Waals surface area contributed by atoms with Crippen molar-refractivity contribution in [2.24, 2.45) is 17.1 Å². The summed E-state index contributed by atoms with van der Waals surface area (Å²) < 4.78 is 5.89. The van der Waals surface area contributed by atoms with Gasteiger partial charge in [-0.05, 0) is 55.6 Å². The molecule has 2 heterocycles. The van der Waals surface area contributed by atoms with E-state index < -0.39 is 5.91 Å². The van der Waals surface area contributed by atoms with Crippen molar-refractivity contribution in [1.29, 1.82) is 0 Å². The highest BCUT2D eigenvalue weighted by atomic mass is 16.5. The Morgan fingerprint density at radius 3 is 2.63 bits per heavy atom. The molecule has 4 amide bonds. The summed E-state index contributed by atoms with van der Waals surface area (Å²) in [5.41, 5.74) is 5.78. The van der Waals surface area contributed by atoms with Crippen LogP contribution in [0.3, 0.4) is 0 Å². The van der Waals surface area contributed by atoms with E-state index in [-0.39, 0.29) is 47.0 Å². The average molecular weight is 415 g/mol. The molecule has 3 N–H and O–H groups in total. The summed E-state index contributed by atoms with van der Waals surface area (Å²) in [6.45, 7) is 4.24. The van der Waals surface area contributed by atoms with Crippen molar-refractivity contribution < 1.29 is 19.1 Å². The molecule has 30 heavy (non-hydrogen) atoms. The van der Waals surface area contributed by atoms with E-state index in [1.165, 1.54) is 4.90 Å². The maximum Gasteiger partial charge on any atom is 0.325 e. The number of pyridine rings is 1. The van der Waals surface area contributed by atoms with Gasteiger partial charge in [-0.2, -0.15) is 0 Å². The highest BCUT2D eigenvalue weighted by Gasteiger charge is 2.58. The van der Waals surface area contributed by atoms with Gasteiger partial charge in [0.15, 0.2) is 0 Å². The second kappa shape index (κ2) is 7.89. The molecule has 4 rings (SSSR count). The van der Waals surface area contributed by atoms with E-state index in [0.29, 0.717) is 12.3 Å². The lowest BCUT2D eigenvalue weighted by Crippen LogP contribution is -2.60. The lowest BCUT2D eigenvalue weighted by Gasteiger charge is -2.58. The highest BCUT2D eigenvalue weighted by Crippen LogP contribution is 2.58. The number of urea groups is 1. The maximum absolute atomic E-state index is 12.8. The topological polar surface area (TPSA) is 115 Å². The summed E-state index contributed by atoms with van der Waals surface area (Å²) in [4.78, 5) is 42.3. The molecule has 1 atom stereocenters. The van der Waals surface area contributed by atoms with Crippen LogP contribution in [0, 0.1) is 11.3 Å². The zero-order chi connectivity index (χ0) is 21.5. The molecule has 8 heteroatoms. The van der Waals surface area contributed by atoms with E-state index in [9.17, 15) is 14.4 Å². The van der Waals surface area contributed by atoms with Gasteiger partial charge in [0.2, 0.25) is 5.88 Å². The van der Waals surface area contributed by atoms with Crippen molar-refractivity contribution >= 4 is 17.8 Å². The number of carbonyl (C=O) groups is 3.